The van der Waals surface area contributed by atoms with Gasteiger partial charge in [-0.05, 0) is 31.4 Å². The molecule has 2 rings (SSSR count). The van der Waals surface area contributed by atoms with Gasteiger partial charge in [0, 0.05) is 5.41 Å². The van der Waals surface area contributed by atoms with Gasteiger partial charge in [0.25, 0.3) is 0 Å². The van der Waals surface area contributed by atoms with Crippen molar-refractivity contribution < 1.29 is 14.6 Å². The van der Waals surface area contributed by atoms with Crippen molar-refractivity contribution >= 4 is 5.97 Å². The number of rotatable bonds is 5. The predicted octanol–water partition coefficient (Wildman–Crippen LogP) is 2.63. The number of hydrogen-bond acceptors (Lipinski definition) is 2. The number of ether oxygens (including phenoxy) is 1. The predicted molar refractivity (Wildman–Crippen MR) is 60.6 cm³/mol. The summed E-state index contributed by atoms with van der Waals surface area (Å²) in [7, 11) is 0. The first kappa shape index (κ1) is 11.0. The molecule has 0 atom stereocenters. The Morgan fingerprint density at radius 1 is 1.44 bits per heavy atom. The molecule has 0 radical (unpaired) electrons. The Hall–Kier alpha value is -1.51. The lowest BCUT2D eigenvalue weighted by atomic mass is 10.0. The number of hydrogen-bond donors (Lipinski definition) is 1. The molecule has 0 unspecified atom stereocenters. The van der Waals surface area contributed by atoms with E-state index in [2.05, 4.69) is 0 Å². The monoisotopic (exact) mass is 220 g/mol. The van der Waals surface area contributed by atoms with E-state index in [9.17, 15) is 4.79 Å². The zero-order chi connectivity index (χ0) is 11.6. The van der Waals surface area contributed by atoms with Crippen LogP contribution in [0, 0.1) is 12.3 Å². The minimum absolute atomic E-state index is 0.103. The molecule has 0 amide bonds. The first-order chi connectivity index (χ1) is 7.61. The summed E-state index contributed by atoms with van der Waals surface area (Å²) in [5.41, 5.74) is 0.988. The highest BCUT2D eigenvalue weighted by Gasteiger charge is 2.45. The van der Waals surface area contributed by atoms with E-state index in [1.165, 1.54) is 0 Å². The number of para-hydroxylation sites is 1. The van der Waals surface area contributed by atoms with Crippen molar-refractivity contribution in [2.45, 2.75) is 26.2 Å². The van der Waals surface area contributed by atoms with Gasteiger partial charge in [-0.15, -0.1) is 0 Å². The van der Waals surface area contributed by atoms with E-state index in [1.807, 2.05) is 31.2 Å². The van der Waals surface area contributed by atoms with Crippen LogP contribution in [0.25, 0.3) is 0 Å². The summed E-state index contributed by atoms with van der Waals surface area (Å²) < 4.78 is 5.70. The SMILES string of the molecule is Cc1ccccc1OCC1(CC(=O)O)CC1. The second-order valence-corrected chi connectivity index (χ2v) is 4.62. The summed E-state index contributed by atoms with van der Waals surface area (Å²) in [6, 6.07) is 7.81. The average molecular weight is 220 g/mol. The Balaban J connectivity index is 1.93. The maximum Gasteiger partial charge on any atom is 0.304 e. The van der Waals surface area contributed by atoms with Crippen molar-refractivity contribution in [3.63, 3.8) is 0 Å². The Kier molecular flexibility index (Phi) is 2.86. The van der Waals surface area contributed by atoms with E-state index >= 15 is 0 Å². The number of carboxylic acids is 1. The standard InChI is InChI=1S/C13H16O3/c1-10-4-2-3-5-11(10)16-9-13(6-7-13)8-12(14)15/h2-5H,6-9H2,1H3,(H,14,15). The molecule has 3 heteroatoms. The number of carboxylic acid groups (broad SMARTS) is 1. The maximum absolute atomic E-state index is 10.7. The first-order valence-electron chi connectivity index (χ1n) is 5.52. The van der Waals surface area contributed by atoms with E-state index in [-0.39, 0.29) is 11.8 Å². The van der Waals surface area contributed by atoms with E-state index < -0.39 is 5.97 Å². The normalized spacial score (nSPS) is 16.8. The molecule has 3 nitrogen and oxygen atoms in total. The number of aliphatic carboxylic acids is 1. The van der Waals surface area contributed by atoms with Crippen molar-refractivity contribution in [3.05, 3.63) is 29.8 Å². The molecule has 1 aliphatic carbocycles. The van der Waals surface area contributed by atoms with Crippen LogP contribution >= 0.6 is 0 Å². The Labute approximate surface area is 95.0 Å². The molecule has 0 heterocycles. The number of carbonyl (C=O) groups is 1. The third-order valence-electron chi connectivity index (χ3n) is 3.11. The molecule has 1 saturated carbocycles. The van der Waals surface area contributed by atoms with Crippen LogP contribution in [0.2, 0.25) is 0 Å². The third kappa shape index (κ3) is 2.54. The molecule has 0 saturated heterocycles. The van der Waals surface area contributed by atoms with Crippen molar-refractivity contribution in [3.8, 4) is 5.75 Å². The van der Waals surface area contributed by atoms with Gasteiger partial charge >= 0.3 is 5.97 Å². The summed E-state index contributed by atoms with van der Waals surface area (Å²) in [5.74, 6) is 0.130. The van der Waals surface area contributed by atoms with Gasteiger partial charge in [0.05, 0.1) is 13.0 Å². The van der Waals surface area contributed by atoms with Crippen LogP contribution in [-0.4, -0.2) is 17.7 Å². The molecule has 0 aliphatic heterocycles. The van der Waals surface area contributed by atoms with E-state index in [0.29, 0.717) is 6.61 Å². The molecule has 1 aromatic carbocycles. The van der Waals surface area contributed by atoms with E-state index in [1.54, 1.807) is 0 Å². The minimum Gasteiger partial charge on any atom is -0.493 e. The van der Waals surface area contributed by atoms with Crippen molar-refractivity contribution in [2.75, 3.05) is 6.61 Å². The highest BCUT2D eigenvalue weighted by atomic mass is 16.5. The Bertz CT molecular complexity index is 394. The van der Waals surface area contributed by atoms with E-state index in [0.717, 1.165) is 24.2 Å². The van der Waals surface area contributed by atoms with Crippen LogP contribution < -0.4 is 4.74 Å². The molecule has 1 fully saturated rings. The van der Waals surface area contributed by atoms with Gasteiger partial charge in [0.15, 0.2) is 0 Å². The molecule has 1 aromatic rings. The first-order valence-corrected chi connectivity index (χ1v) is 5.52. The molecule has 16 heavy (non-hydrogen) atoms. The lowest BCUT2D eigenvalue weighted by Crippen LogP contribution is -2.17. The fraction of sp³-hybridized carbons (Fsp3) is 0.462. The van der Waals surface area contributed by atoms with Gasteiger partial charge in [-0.2, -0.15) is 0 Å². The molecule has 0 aromatic heterocycles. The summed E-state index contributed by atoms with van der Waals surface area (Å²) in [5, 5.41) is 8.79. The highest BCUT2D eigenvalue weighted by Crippen LogP contribution is 2.49. The zero-order valence-corrected chi connectivity index (χ0v) is 9.40. The second-order valence-electron chi connectivity index (χ2n) is 4.62. The smallest absolute Gasteiger partial charge is 0.304 e. The van der Waals surface area contributed by atoms with Gasteiger partial charge in [-0.25, -0.2) is 0 Å². The van der Waals surface area contributed by atoms with Gasteiger partial charge in [0.1, 0.15) is 5.75 Å². The quantitative estimate of drug-likeness (QED) is 0.829. The number of benzene rings is 1. The second kappa shape index (κ2) is 4.16. The van der Waals surface area contributed by atoms with Crippen LogP contribution in [0.5, 0.6) is 5.75 Å². The molecule has 86 valence electrons. The van der Waals surface area contributed by atoms with Crippen molar-refractivity contribution in [1.82, 2.24) is 0 Å². The molecule has 1 aliphatic rings. The fourth-order valence-electron chi connectivity index (χ4n) is 1.82. The van der Waals surface area contributed by atoms with Crippen LogP contribution in [0.3, 0.4) is 0 Å². The van der Waals surface area contributed by atoms with Crippen LogP contribution in [-0.2, 0) is 4.79 Å². The average Bonchev–Trinajstić information content (AvgIpc) is 2.96. The largest absolute Gasteiger partial charge is 0.493 e. The lowest BCUT2D eigenvalue weighted by Gasteiger charge is -2.15. The summed E-state index contributed by atoms with van der Waals surface area (Å²) in [6.45, 7) is 2.51. The van der Waals surface area contributed by atoms with Gasteiger partial charge in [-0.3, -0.25) is 4.79 Å². The molecule has 0 spiro atoms. The van der Waals surface area contributed by atoms with Crippen molar-refractivity contribution in [1.29, 1.82) is 0 Å². The third-order valence-corrected chi connectivity index (χ3v) is 3.11. The topological polar surface area (TPSA) is 46.5 Å². The molecule has 0 bridgehead atoms. The van der Waals surface area contributed by atoms with Crippen LogP contribution in [0.15, 0.2) is 24.3 Å². The molecular weight excluding hydrogens is 204 g/mol. The number of aryl methyl sites for hydroxylation is 1. The van der Waals surface area contributed by atoms with E-state index in [4.69, 9.17) is 9.84 Å². The Morgan fingerprint density at radius 3 is 2.69 bits per heavy atom. The van der Waals surface area contributed by atoms with Crippen molar-refractivity contribution in [2.24, 2.45) is 5.41 Å². The highest BCUT2D eigenvalue weighted by molar-refractivity contribution is 5.68. The van der Waals surface area contributed by atoms with Gasteiger partial charge < -0.3 is 9.84 Å². The van der Waals surface area contributed by atoms with Gasteiger partial charge in [0.2, 0.25) is 0 Å². The Morgan fingerprint density at radius 2 is 2.12 bits per heavy atom. The molecule has 1 N–H and O–H groups in total. The zero-order valence-electron chi connectivity index (χ0n) is 9.40. The summed E-state index contributed by atoms with van der Waals surface area (Å²) >= 11 is 0. The minimum atomic E-state index is -0.731. The summed E-state index contributed by atoms with van der Waals surface area (Å²) in [4.78, 5) is 10.7. The van der Waals surface area contributed by atoms with Crippen LogP contribution in [0.1, 0.15) is 24.8 Å². The molecular formula is C13H16O3. The lowest BCUT2D eigenvalue weighted by molar-refractivity contribution is -0.138. The van der Waals surface area contributed by atoms with Gasteiger partial charge in [-0.1, -0.05) is 18.2 Å². The summed E-state index contributed by atoms with van der Waals surface area (Å²) in [6.07, 6.45) is 2.15. The fourth-order valence-corrected chi connectivity index (χ4v) is 1.82. The van der Waals surface area contributed by atoms with Crippen LogP contribution in [0.4, 0.5) is 0 Å². The maximum atomic E-state index is 10.7.